The summed E-state index contributed by atoms with van der Waals surface area (Å²) in [7, 11) is 3.18. The second kappa shape index (κ2) is 8.39. The van der Waals surface area contributed by atoms with Crippen LogP contribution < -0.4 is 9.47 Å². The number of fused-ring (bicyclic) bond motifs is 1. The number of aromatic nitrogens is 3. The van der Waals surface area contributed by atoms with Crippen molar-refractivity contribution >= 4 is 28.3 Å². The van der Waals surface area contributed by atoms with Crippen molar-refractivity contribution in [3.63, 3.8) is 0 Å². The van der Waals surface area contributed by atoms with Gasteiger partial charge in [0.2, 0.25) is 0 Å². The first kappa shape index (κ1) is 22.3. The van der Waals surface area contributed by atoms with Crippen LogP contribution in [0.25, 0.3) is 21.5 Å². The lowest BCUT2D eigenvalue weighted by Gasteiger charge is -2.33. The number of aromatic amines is 1. The number of rotatable bonds is 5. The van der Waals surface area contributed by atoms with E-state index in [0.717, 1.165) is 39.3 Å². The van der Waals surface area contributed by atoms with Crippen molar-refractivity contribution in [2.45, 2.75) is 32.2 Å². The summed E-state index contributed by atoms with van der Waals surface area (Å²) in [6.45, 7) is 4.50. The number of carbonyl (C=O) groups is 1. The van der Waals surface area contributed by atoms with E-state index in [0.29, 0.717) is 29.6 Å². The lowest BCUT2D eigenvalue weighted by molar-refractivity contribution is 0.0601. The minimum absolute atomic E-state index is 0.153. The van der Waals surface area contributed by atoms with E-state index in [1.807, 2.05) is 30.9 Å². The Morgan fingerprint density at radius 3 is 2.56 bits per heavy atom. The molecular weight excluding hydrogens is 455 g/mol. The molecule has 1 saturated heterocycles. The number of hydrogen-bond acceptors (Lipinski definition) is 6. The topological polar surface area (TPSA) is 80.3 Å². The molecule has 4 aromatic rings. The third-order valence-electron chi connectivity index (χ3n) is 6.43. The molecule has 5 rings (SSSR count). The first-order valence-corrected chi connectivity index (χ1v) is 11.8. The number of H-pyrrole nitrogens is 1. The molecule has 9 heteroatoms. The summed E-state index contributed by atoms with van der Waals surface area (Å²) in [5.41, 5.74) is 2.09. The number of amides is 1. The number of aryl methyl sites for hydroxylation is 1. The number of nitrogens with one attached hydrogen (secondary N) is 1. The van der Waals surface area contributed by atoms with Crippen LogP contribution in [0.5, 0.6) is 11.5 Å². The van der Waals surface area contributed by atoms with Gasteiger partial charge in [-0.05, 0) is 44.4 Å². The maximum Gasteiger partial charge on any atom is 0.274 e. The molecule has 2 aromatic heterocycles. The molecule has 0 saturated carbocycles. The van der Waals surface area contributed by atoms with Gasteiger partial charge in [-0.3, -0.25) is 4.79 Å². The molecule has 1 N–H and O–H groups in total. The van der Waals surface area contributed by atoms with E-state index in [2.05, 4.69) is 9.97 Å². The Hall–Kier alpha value is -3.46. The first-order valence-electron chi connectivity index (χ1n) is 11.0. The summed E-state index contributed by atoms with van der Waals surface area (Å²) < 4.78 is 24.3. The Morgan fingerprint density at radius 2 is 1.85 bits per heavy atom. The second-order valence-corrected chi connectivity index (χ2v) is 9.76. The third-order valence-corrected chi connectivity index (χ3v) is 7.45. The number of carbonyl (C=O) groups excluding carboxylic acids is 1. The molecule has 0 spiro atoms. The molecule has 1 aliphatic rings. The zero-order valence-corrected chi connectivity index (χ0v) is 20.3. The summed E-state index contributed by atoms with van der Waals surface area (Å²) in [6.07, 6.45) is 1.61. The fourth-order valence-electron chi connectivity index (χ4n) is 4.62. The molecule has 1 aliphatic heterocycles. The van der Waals surface area contributed by atoms with Crippen LogP contribution in [0.1, 0.15) is 41.1 Å². The van der Waals surface area contributed by atoms with Gasteiger partial charge >= 0.3 is 0 Å². The Kier molecular flexibility index (Phi) is 5.51. The van der Waals surface area contributed by atoms with Crippen LogP contribution in [0, 0.1) is 12.7 Å². The highest BCUT2D eigenvalue weighted by Gasteiger charge is 2.45. The number of imidazole rings is 1. The van der Waals surface area contributed by atoms with Crippen LogP contribution in [0.3, 0.4) is 0 Å². The van der Waals surface area contributed by atoms with Gasteiger partial charge in [0.05, 0.1) is 40.7 Å². The highest BCUT2D eigenvalue weighted by molar-refractivity contribution is 7.15. The molecule has 3 heterocycles. The molecule has 0 aliphatic carbocycles. The highest BCUT2D eigenvalue weighted by atomic mass is 32.1. The number of thiazole rings is 1. The van der Waals surface area contributed by atoms with Crippen molar-refractivity contribution in [3.05, 3.63) is 58.7 Å². The maximum atomic E-state index is 13.8. The summed E-state index contributed by atoms with van der Waals surface area (Å²) >= 11 is 1.44. The fraction of sp³-hybridized carbons (Fsp3) is 0.320. The summed E-state index contributed by atoms with van der Waals surface area (Å²) in [4.78, 5) is 29.2. The standard InChI is InChI=1S/C25H25FN4O3S/c1-14-27-21(22(34-14)15-6-8-16(26)9-7-15)23(31)30-11-5-10-25(30,2)24-28-17-12-19(32-3)20(33-4)13-18(17)29-24/h6-9,12-13H,5,10-11H2,1-4H3,(H,28,29)/t25-/m0/s1. The van der Waals surface area contributed by atoms with Gasteiger partial charge in [0.25, 0.3) is 5.91 Å². The van der Waals surface area contributed by atoms with Crippen LogP contribution in [-0.4, -0.2) is 46.5 Å². The first-order chi connectivity index (χ1) is 16.3. The van der Waals surface area contributed by atoms with Crippen LogP contribution in [-0.2, 0) is 5.54 Å². The van der Waals surface area contributed by atoms with E-state index < -0.39 is 5.54 Å². The van der Waals surface area contributed by atoms with Gasteiger partial charge in [-0.25, -0.2) is 14.4 Å². The predicted octanol–water partition coefficient (Wildman–Crippen LogP) is 5.30. The number of likely N-dealkylation sites (tertiary alicyclic amines) is 1. The monoisotopic (exact) mass is 480 g/mol. The lowest BCUT2D eigenvalue weighted by atomic mass is 9.97. The van der Waals surface area contributed by atoms with Gasteiger partial charge in [0.1, 0.15) is 17.3 Å². The number of nitrogens with zero attached hydrogens (tertiary/aromatic N) is 3. The number of methoxy groups -OCH3 is 2. The molecule has 1 atom stereocenters. The Bertz CT molecular complexity index is 1340. The average molecular weight is 481 g/mol. The molecule has 176 valence electrons. The van der Waals surface area contributed by atoms with Gasteiger partial charge in [-0.2, -0.15) is 0 Å². The molecule has 0 radical (unpaired) electrons. The predicted molar refractivity (Wildman–Crippen MR) is 129 cm³/mol. The van der Waals surface area contributed by atoms with E-state index >= 15 is 0 Å². The smallest absolute Gasteiger partial charge is 0.274 e. The van der Waals surface area contributed by atoms with Crippen molar-refractivity contribution in [1.29, 1.82) is 0 Å². The number of benzene rings is 2. The van der Waals surface area contributed by atoms with Gasteiger partial charge in [0, 0.05) is 18.7 Å². The molecule has 1 fully saturated rings. The minimum atomic E-state index is -0.631. The van der Waals surface area contributed by atoms with Crippen molar-refractivity contribution in [1.82, 2.24) is 19.9 Å². The molecular formula is C25H25FN4O3S. The van der Waals surface area contributed by atoms with Crippen LogP contribution >= 0.6 is 11.3 Å². The van der Waals surface area contributed by atoms with Crippen molar-refractivity contribution < 1.29 is 18.7 Å². The van der Waals surface area contributed by atoms with Crippen LogP contribution in [0.4, 0.5) is 4.39 Å². The number of hydrogen-bond donors (Lipinski definition) is 1. The quantitative estimate of drug-likeness (QED) is 0.419. The lowest BCUT2D eigenvalue weighted by Crippen LogP contribution is -2.44. The van der Waals surface area contributed by atoms with E-state index in [1.165, 1.54) is 23.5 Å². The van der Waals surface area contributed by atoms with E-state index in [4.69, 9.17) is 14.5 Å². The van der Waals surface area contributed by atoms with E-state index in [-0.39, 0.29) is 11.7 Å². The van der Waals surface area contributed by atoms with Crippen molar-refractivity contribution in [3.8, 4) is 21.9 Å². The maximum absolute atomic E-state index is 13.8. The Balaban J connectivity index is 1.54. The minimum Gasteiger partial charge on any atom is -0.493 e. The summed E-state index contributed by atoms with van der Waals surface area (Å²) in [5, 5.41) is 0.784. The molecule has 0 unspecified atom stereocenters. The highest BCUT2D eigenvalue weighted by Crippen LogP contribution is 2.41. The van der Waals surface area contributed by atoms with Crippen LogP contribution in [0.2, 0.25) is 0 Å². The zero-order chi connectivity index (χ0) is 24.0. The Labute approximate surface area is 200 Å². The van der Waals surface area contributed by atoms with Gasteiger partial charge in [0.15, 0.2) is 11.5 Å². The normalized spacial score (nSPS) is 18.0. The molecule has 0 bridgehead atoms. The van der Waals surface area contributed by atoms with Crippen molar-refractivity contribution in [2.75, 3.05) is 20.8 Å². The summed E-state index contributed by atoms with van der Waals surface area (Å²) in [5.74, 6) is 1.44. The largest absolute Gasteiger partial charge is 0.493 e. The molecule has 34 heavy (non-hydrogen) atoms. The van der Waals surface area contributed by atoms with E-state index in [9.17, 15) is 9.18 Å². The van der Waals surface area contributed by atoms with Crippen LogP contribution in [0.15, 0.2) is 36.4 Å². The second-order valence-electron chi connectivity index (χ2n) is 8.56. The SMILES string of the molecule is COc1cc2nc([C@]3(C)CCCN3C(=O)c3nc(C)sc3-c3ccc(F)cc3)[nH]c2cc1OC. The zero-order valence-electron chi connectivity index (χ0n) is 19.4. The summed E-state index contributed by atoms with van der Waals surface area (Å²) in [6, 6.07) is 9.84. The molecule has 2 aromatic carbocycles. The molecule has 1 amide bonds. The van der Waals surface area contributed by atoms with E-state index in [1.54, 1.807) is 26.4 Å². The fourth-order valence-corrected chi connectivity index (χ4v) is 5.54. The molecule has 7 nitrogen and oxygen atoms in total. The van der Waals surface area contributed by atoms with Gasteiger partial charge in [-0.15, -0.1) is 11.3 Å². The average Bonchev–Trinajstić information content (AvgIpc) is 3.54. The van der Waals surface area contributed by atoms with Crippen molar-refractivity contribution in [2.24, 2.45) is 0 Å². The number of halogens is 1. The number of ether oxygens (including phenoxy) is 2. The van der Waals surface area contributed by atoms with Gasteiger partial charge in [-0.1, -0.05) is 12.1 Å². The van der Waals surface area contributed by atoms with Gasteiger partial charge < -0.3 is 19.4 Å². The third kappa shape index (κ3) is 3.60. The Morgan fingerprint density at radius 1 is 1.15 bits per heavy atom.